The van der Waals surface area contributed by atoms with E-state index in [4.69, 9.17) is 4.74 Å². The average Bonchev–Trinajstić information content (AvgIpc) is 3.30. The summed E-state index contributed by atoms with van der Waals surface area (Å²) >= 11 is 0. The van der Waals surface area contributed by atoms with Crippen molar-refractivity contribution in [2.75, 3.05) is 13.2 Å². The molecule has 2 aromatic rings. The molecule has 130 valence electrons. The number of benzene rings is 2. The molecule has 2 aromatic carbocycles. The van der Waals surface area contributed by atoms with Crippen LogP contribution in [0.3, 0.4) is 0 Å². The third-order valence-electron chi connectivity index (χ3n) is 5.70. The van der Waals surface area contributed by atoms with Gasteiger partial charge in [0.25, 0.3) is 0 Å². The summed E-state index contributed by atoms with van der Waals surface area (Å²) in [5.74, 6) is 0.0576. The van der Waals surface area contributed by atoms with Crippen molar-refractivity contribution in [2.24, 2.45) is 5.41 Å². The minimum Gasteiger partial charge on any atom is -0.449 e. The molecule has 1 saturated carbocycles. The molecule has 0 aliphatic heterocycles. The molecule has 1 atom stereocenters. The van der Waals surface area contributed by atoms with Crippen molar-refractivity contribution >= 4 is 6.09 Å². The van der Waals surface area contributed by atoms with Crippen molar-refractivity contribution in [1.29, 1.82) is 0 Å². The Kier molecular flexibility index (Phi) is 4.00. The Balaban J connectivity index is 1.47. The quantitative estimate of drug-likeness (QED) is 0.875. The maximum absolute atomic E-state index is 12.2. The molecule has 2 aliphatic carbocycles. The van der Waals surface area contributed by atoms with Crippen molar-refractivity contribution in [2.45, 2.75) is 31.7 Å². The van der Waals surface area contributed by atoms with E-state index in [-0.39, 0.29) is 24.0 Å². The SMILES string of the molecule is CC1(C(CO)NC(=O)OCC2c3ccccc3-c3ccccc32)CC1. The smallest absolute Gasteiger partial charge is 0.407 e. The van der Waals surface area contributed by atoms with Crippen LogP contribution in [-0.2, 0) is 4.74 Å². The highest BCUT2D eigenvalue weighted by Crippen LogP contribution is 2.48. The molecule has 2 N–H and O–H groups in total. The first kappa shape index (κ1) is 16.2. The average molecular weight is 337 g/mol. The lowest BCUT2D eigenvalue weighted by Gasteiger charge is -2.23. The van der Waals surface area contributed by atoms with Crippen LogP contribution in [0.25, 0.3) is 11.1 Å². The van der Waals surface area contributed by atoms with E-state index in [1.54, 1.807) is 0 Å². The summed E-state index contributed by atoms with van der Waals surface area (Å²) in [4.78, 5) is 12.2. The summed E-state index contributed by atoms with van der Waals surface area (Å²) in [7, 11) is 0. The maximum atomic E-state index is 12.2. The van der Waals surface area contributed by atoms with Gasteiger partial charge in [-0.15, -0.1) is 0 Å². The number of ether oxygens (including phenoxy) is 1. The second-order valence-corrected chi connectivity index (χ2v) is 7.36. The lowest BCUT2D eigenvalue weighted by Crippen LogP contribution is -2.43. The Morgan fingerprint density at radius 1 is 1.16 bits per heavy atom. The van der Waals surface area contributed by atoms with Gasteiger partial charge < -0.3 is 15.2 Å². The predicted octanol–water partition coefficient (Wildman–Crippen LogP) is 3.69. The lowest BCUT2D eigenvalue weighted by molar-refractivity contribution is 0.122. The van der Waals surface area contributed by atoms with Gasteiger partial charge in [-0.05, 0) is 40.5 Å². The molecule has 1 amide bonds. The second kappa shape index (κ2) is 6.19. The van der Waals surface area contributed by atoms with Crippen LogP contribution in [0.2, 0.25) is 0 Å². The third kappa shape index (κ3) is 2.91. The number of aliphatic hydroxyl groups is 1. The van der Waals surface area contributed by atoms with Gasteiger partial charge in [0.15, 0.2) is 0 Å². The zero-order valence-corrected chi connectivity index (χ0v) is 14.4. The molecule has 4 heteroatoms. The minimum absolute atomic E-state index is 0.0142. The second-order valence-electron chi connectivity index (χ2n) is 7.36. The molecule has 0 spiro atoms. The minimum atomic E-state index is -0.450. The molecule has 0 bridgehead atoms. The fraction of sp³-hybridized carbons (Fsp3) is 0.381. The van der Waals surface area contributed by atoms with Crippen LogP contribution in [0, 0.1) is 5.41 Å². The highest BCUT2D eigenvalue weighted by Gasteiger charge is 2.45. The predicted molar refractivity (Wildman–Crippen MR) is 96.4 cm³/mol. The van der Waals surface area contributed by atoms with Crippen molar-refractivity contribution < 1.29 is 14.6 Å². The maximum Gasteiger partial charge on any atom is 0.407 e. The number of rotatable bonds is 5. The molecule has 25 heavy (non-hydrogen) atoms. The van der Waals surface area contributed by atoms with Gasteiger partial charge in [-0.1, -0.05) is 55.5 Å². The molecule has 0 aromatic heterocycles. The van der Waals surface area contributed by atoms with Gasteiger partial charge in [0.1, 0.15) is 6.61 Å². The number of fused-ring (bicyclic) bond motifs is 3. The third-order valence-corrected chi connectivity index (χ3v) is 5.70. The summed E-state index contributed by atoms with van der Waals surface area (Å²) in [6.45, 7) is 2.33. The molecule has 1 fully saturated rings. The summed E-state index contributed by atoms with van der Waals surface area (Å²) in [5, 5.41) is 12.4. The van der Waals surface area contributed by atoms with E-state index in [1.807, 2.05) is 24.3 Å². The summed E-state index contributed by atoms with van der Waals surface area (Å²) < 4.78 is 5.53. The molecular weight excluding hydrogens is 314 g/mol. The molecule has 0 heterocycles. The lowest BCUT2D eigenvalue weighted by atomic mass is 9.98. The van der Waals surface area contributed by atoms with E-state index in [0.717, 1.165) is 12.8 Å². The number of hydrogen-bond acceptors (Lipinski definition) is 3. The summed E-state index contributed by atoms with van der Waals surface area (Å²) in [6.07, 6.45) is 1.61. The topological polar surface area (TPSA) is 58.6 Å². The first-order chi connectivity index (χ1) is 12.1. The highest BCUT2D eigenvalue weighted by molar-refractivity contribution is 5.79. The number of carbonyl (C=O) groups excluding carboxylic acids is 1. The van der Waals surface area contributed by atoms with E-state index in [1.165, 1.54) is 22.3 Å². The number of carbonyl (C=O) groups is 1. The van der Waals surface area contributed by atoms with E-state index in [9.17, 15) is 9.90 Å². The molecule has 4 nitrogen and oxygen atoms in total. The van der Waals surface area contributed by atoms with E-state index < -0.39 is 6.09 Å². The van der Waals surface area contributed by atoms with Crippen LogP contribution in [0.1, 0.15) is 36.8 Å². The Labute approximate surface area is 147 Å². The van der Waals surface area contributed by atoms with Gasteiger partial charge in [0.2, 0.25) is 0 Å². The van der Waals surface area contributed by atoms with Gasteiger partial charge in [0.05, 0.1) is 12.6 Å². The Morgan fingerprint density at radius 2 is 1.72 bits per heavy atom. The monoisotopic (exact) mass is 337 g/mol. The molecule has 2 aliphatic rings. The largest absolute Gasteiger partial charge is 0.449 e. The van der Waals surface area contributed by atoms with Crippen molar-refractivity contribution in [3.8, 4) is 11.1 Å². The number of amides is 1. The molecule has 4 rings (SSSR count). The first-order valence-electron chi connectivity index (χ1n) is 8.85. The fourth-order valence-corrected chi connectivity index (χ4v) is 3.77. The Hall–Kier alpha value is -2.33. The van der Waals surface area contributed by atoms with Crippen LogP contribution in [-0.4, -0.2) is 30.5 Å². The van der Waals surface area contributed by atoms with Crippen LogP contribution in [0.5, 0.6) is 0 Å². The Morgan fingerprint density at radius 3 is 2.24 bits per heavy atom. The number of hydrogen-bond donors (Lipinski definition) is 2. The van der Waals surface area contributed by atoms with Gasteiger partial charge in [-0.3, -0.25) is 0 Å². The van der Waals surface area contributed by atoms with Crippen molar-refractivity contribution in [3.05, 3.63) is 59.7 Å². The normalized spacial score (nSPS) is 18.2. The molecular formula is C21H23NO3. The zero-order chi connectivity index (χ0) is 17.4. The van der Waals surface area contributed by atoms with Gasteiger partial charge in [-0.2, -0.15) is 0 Å². The van der Waals surface area contributed by atoms with E-state index in [0.29, 0.717) is 6.61 Å². The highest BCUT2D eigenvalue weighted by atomic mass is 16.5. The Bertz CT molecular complexity index is 752. The number of aliphatic hydroxyl groups excluding tert-OH is 1. The fourth-order valence-electron chi connectivity index (χ4n) is 3.77. The van der Waals surface area contributed by atoms with E-state index in [2.05, 4.69) is 36.5 Å². The molecule has 0 saturated heterocycles. The molecule has 1 unspecified atom stereocenters. The van der Waals surface area contributed by atoms with Crippen LogP contribution in [0.4, 0.5) is 4.79 Å². The standard InChI is InChI=1S/C21H23NO3/c1-21(10-11-21)19(12-23)22-20(24)25-13-18-16-8-4-2-6-14(16)15-7-3-5-9-17(15)18/h2-9,18-19,23H,10-13H2,1H3,(H,22,24). The first-order valence-corrected chi connectivity index (χ1v) is 8.85. The zero-order valence-electron chi connectivity index (χ0n) is 14.4. The van der Waals surface area contributed by atoms with Crippen LogP contribution in [0.15, 0.2) is 48.5 Å². The van der Waals surface area contributed by atoms with Gasteiger partial charge in [0, 0.05) is 5.92 Å². The van der Waals surface area contributed by atoms with Crippen LogP contribution < -0.4 is 5.32 Å². The van der Waals surface area contributed by atoms with Crippen LogP contribution >= 0.6 is 0 Å². The van der Waals surface area contributed by atoms with Gasteiger partial charge in [-0.25, -0.2) is 4.79 Å². The summed E-state index contributed by atoms with van der Waals surface area (Å²) in [5.41, 5.74) is 4.84. The van der Waals surface area contributed by atoms with Gasteiger partial charge >= 0.3 is 6.09 Å². The summed E-state index contributed by atoms with van der Waals surface area (Å²) in [6, 6.07) is 16.3. The van der Waals surface area contributed by atoms with Crippen molar-refractivity contribution in [1.82, 2.24) is 5.32 Å². The number of alkyl carbamates (subject to hydrolysis) is 1. The molecule has 0 radical (unpaired) electrons. The van der Waals surface area contributed by atoms with Crippen molar-refractivity contribution in [3.63, 3.8) is 0 Å². The van der Waals surface area contributed by atoms with E-state index >= 15 is 0 Å². The number of nitrogens with one attached hydrogen (secondary N) is 1.